The van der Waals surface area contributed by atoms with Crippen LogP contribution in [-0.2, 0) is 11.8 Å². The van der Waals surface area contributed by atoms with Crippen molar-refractivity contribution >= 4 is 39.8 Å². The fourth-order valence-corrected chi connectivity index (χ4v) is 4.79. The predicted molar refractivity (Wildman–Crippen MR) is 178 cm³/mol. The molecule has 10 heteroatoms. The molecule has 2 aromatic carbocycles. The smallest absolute Gasteiger partial charge is 0.266 e. The number of carbonyl (C=O) groups excluding carboxylic acids is 1. The lowest BCUT2D eigenvalue weighted by molar-refractivity contribution is -0.112. The van der Waals surface area contributed by atoms with E-state index in [0.717, 1.165) is 40.8 Å². The zero-order chi connectivity index (χ0) is 32.0. The van der Waals surface area contributed by atoms with Gasteiger partial charge in [0.05, 0.1) is 29.9 Å². The van der Waals surface area contributed by atoms with Crippen LogP contribution in [0.25, 0.3) is 22.2 Å². The van der Waals surface area contributed by atoms with E-state index in [4.69, 9.17) is 9.72 Å². The monoisotopic (exact) mass is 594 g/mol. The van der Waals surface area contributed by atoms with E-state index in [-0.39, 0.29) is 11.0 Å². The molecule has 230 valence electrons. The Kier molecular flexibility index (Phi) is 9.91. The van der Waals surface area contributed by atoms with Crippen molar-refractivity contribution in [3.05, 3.63) is 66.5 Å². The van der Waals surface area contributed by atoms with Gasteiger partial charge in [0.2, 0.25) is 5.95 Å². The number of allylic oxidation sites excluding steroid dienone is 1. The summed E-state index contributed by atoms with van der Waals surface area (Å²) in [5.74, 6) is 0.459. The number of rotatable bonds is 12. The van der Waals surface area contributed by atoms with E-state index >= 15 is 0 Å². The Hall–Kier alpha value is -4.88. The summed E-state index contributed by atoms with van der Waals surface area (Å²) in [6, 6.07) is 15.8. The van der Waals surface area contributed by atoms with Crippen molar-refractivity contribution in [2.24, 2.45) is 12.5 Å². The number of benzene rings is 2. The SMILES string of the molecule is CCC(C)(C)C=C(C#N)C(=O)Nc1cc(Nc2nccc(-c3cn(C)c4ccccc34)n2)c(OC)cc1N(C)CCN(C)C. The molecule has 0 aliphatic rings. The summed E-state index contributed by atoms with van der Waals surface area (Å²) in [6.45, 7) is 7.53. The van der Waals surface area contributed by atoms with Crippen molar-refractivity contribution < 1.29 is 9.53 Å². The first-order valence-electron chi connectivity index (χ1n) is 14.6. The number of para-hydroxylation sites is 1. The number of anilines is 4. The molecule has 4 aromatic rings. The molecule has 0 fully saturated rings. The van der Waals surface area contributed by atoms with Crippen LogP contribution >= 0.6 is 0 Å². The van der Waals surface area contributed by atoms with Crippen LogP contribution in [0.5, 0.6) is 5.75 Å². The number of fused-ring (bicyclic) bond motifs is 1. The van der Waals surface area contributed by atoms with E-state index in [9.17, 15) is 10.1 Å². The predicted octanol–water partition coefficient (Wildman–Crippen LogP) is 6.21. The van der Waals surface area contributed by atoms with Crippen molar-refractivity contribution in [3.63, 3.8) is 0 Å². The number of carbonyl (C=O) groups is 1. The molecule has 0 aliphatic carbocycles. The summed E-state index contributed by atoms with van der Waals surface area (Å²) < 4.78 is 7.86. The number of methoxy groups -OCH3 is 1. The van der Waals surface area contributed by atoms with Gasteiger partial charge in [0, 0.05) is 62.1 Å². The van der Waals surface area contributed by atoms with Gasteiger partial charge in [-0.25, -0.2) is 9.97 Å². The lowest BCUT2D eigenvalue weighted by atomic mass is 9.88. The molecule has 0 spiro atoms. The quantitative estimate of drug-likeness (QED) is 0.147. The van der Waals surface area contributed by atoms with Gasteiger partial charge in [-0.05, 0) is 44.1 Å². The fraction of sp³-hybridized carbons (Fsp3) is 0.353. The van der Waals surface area contributed by atoms with Crippen molar-refractivity contribution in [3.8, 4) is 23.1 Å². The fourth-order valence-electron chi connectivity index (χ4n) is 4.79. The molecular weight excluding hydrogens is 552 g/mol. The molecule has 0 radical (unpaired) electrons. The standard InChI is InChI=1S/C34H42N8O2/c1-9-34(2,3)20-23(21-35)32(43)37-27-18-28(31(44-8)19-30(27)41(6)17-16-40(4)5)39-33-36-15-14-26(38-33)25-22-42(7)29-13-11-10-12-24(25)29/h10-15,18-20,22H,9,16-17H2,1-8H3,(H,37,43)(H,36,38,39). The Balaban J connectivity index is 1.74. The Morgan fingerprint density at radius 1 is 1.14 bits per heavy atom. The van der Waals surface area contributed by atoms with Crippen molar-refractivity contribution in [2.75, 3.05) is 56.9 Å². The van der Waals surface area contributed by atoms with E-state index < -0.39 is 5.91 Å². The largest absolute Gasteiger partial charge is 0.494 e. The molecule has 0 aliphatic heterocycles. The van der Waals surface area contributed by atoms with Crippen molar-refractivity contribution in [1.82, 2.24) is 19.4 Å². The van der Waals surface area contributed by atoms with Crippen LogP contribution in [0.4, 0.5) is 23.0 Å². The number of amides is 1. The third kappa shape index (κ3) is 7.36. The molecule has 44 heavy (non-hydrogen) atoms. The van der Waals surface area contributed by atoms with E-state index in [1.807, 2.05) is 78.1 Å². The Morgan fingerprint density at radius 2 is 1.89 bits per heavy atom. The van der Waals surface area contributed by atoms with Gasteiger partial charge in [0.15, 0.2) is 0 Å². The minimum absolute atomic E-state index is 0.0650. The molecule has 1 amide bonds. The summed E-state index contributed by atoms with van der Waals surface area (Å²) in [4.78, 5) is 26.8. The van der Waals surface area contributed by atoms with Gasteiger partial charge in [-0.3, -0.25) is 4.79 Å². The van der Waals surface area contributed by atoms with Crippen molar-refractivity contribution in [1.29, 1.82) is 5.26 Å². The summed E-state index contributed by atoms with van der Waals surface area (Å²) >= 11 is 0. The maximum Gasteiger partial charge on any atom is 0.266 e. The number of aryl methyl sites for hydroxylation is 1. The highest BCUT2D eigenvalue weighted by Crippen LogP contribution is 2.38. The van der Waals surface area contributed by atoms with E-state index in [1.165, 1.54) is 0 Å². The van der Waals surface area contributed by atoms with Gasteiger partial charge in [-0.2, -0.15) is 5.26 Å². The van der Waals surface area contributed by atoms with Crippen LogP contribution in [0.2, 0.25) is 0 Å². The summed E-state index contributed by atoms with van der Waals surface area (Å²) in [5, 5.41) is 17.2. The van der Waals surface area contributed by atoms with Crippen LogP contribution in [-0.4, -0.2) is 66.7 Å². The van der Waals surface area contributed by atoms with Crippen LogP contribution in [0.3, 0.4) is 0 Å². The topological polar surface area (TPSA) is 111 Å². The number of aromatic nitrogens is 3. The highest BCUT2D eigenvalue weighted by molar-refractivity contribution is 6.08. The maximum absolute atomic E-state index is 13.4. The molecule has 10 nitrogen and oxygen atoms in total. The molecule has 2 N–H and O–H groups in total. The number of hydrogen-bond donors (Lipinski definition) is 2. The van der Waals surface area contributed by atoms with E-state index in [0.29, 0.717) is 29.6 Å². The summed E-state index contributed by atoms with van der Waals surface area (Å²) in [7, 11) is 9.59. The first-order valence-corrected chi connectivity index (χ1v) is 14.6. The second-order valence-corrected chi connectivity index (χ2v) is 11.8. The van der Waals surface area contributed by atoms with Crippen LogP contribution < -0.4 is 20.3 Å². The average Bonchev–Trinajstić information content (AvgIpc) is 3.35. The highest BCUT2D eigenvalue weighted by Gasteiger charge is 2.21. The molecule has 0 unspecified atom stereocenters. The molecule has 2 aromatic heterocycles. The number of nitriles is 1. The Labute approximate surface area is 260 Å². The van der Waals surface area contributed by atoms with Gasteiger partial charge >= 0.3 is 0 Å². The normalized spacial score (nSPS) is 11.9. The number of nitrogens with zero attached hydrogens (tertiary/aromatic N) is 6. The molecule has 0 saturated heterocycles. The molecule has 0 bridgehead atoms. The van der Waals surface area contributed by atoms with Gasteiger partial charge in [0.25, 0.3) is 5.91 Å². The second kappa shape index (κ2) is 13.6. The number of ether oxygens (including phenoxy) is 1. The molecule has 0 saturated carbocycles. The molecule has 0 atom stereocenters. The second-order valence-electron chi connectivity index (χ2n) is 11.8. The highest BCUT2D eigenvalue weighted by atomic mass is 16.5. The van der Waals surface area contributed by atoms with Crippen LogP contribution in [0.1, 0.15) is 27.2 Å². The van der Waals surface area contributed by atoms with E-state index in [2.05, 4.69) is 49.5 Å². The van der Waals surface area contributed by atoms with Crippen LogP contribution in [0.15, 0.2) is 66.5 Å². The number of nitrogens with one attached hydrogen (secondary N) is 2. The Bertz CT molecular complexity index is 1710. The molecule has 2 heterocycles. The van der Waals surface area contributed by atoms with Crippen molar-refractivity contribution in [2.45, 2.75) is 27.2 Å². The molecule has 4 rings (SSSR count). The summed E-state index contributed by atoms with van der Waals surface area (Å²) in [5.41, 5.74) is 4.49. The zero-order valence-electron chi connectivity index (χ0n) is 26.9. The third-order valence-corrected chi connectivity index (χ3v) is 7.75. The minimum atomic E-state index is -0.471. The van der Waals surface area contributed by atoms with Gasteiger partial charge < -0.3 is 29.7 Å². The number of hydrogen-bond acceptors (Lipinski definition) is 8. The van der Waals surface area contributed by atoms with Crippen LogP contribution in [0, 0.1) is 16.7 Å². The lowest BCUT2D eigenvalue weighted by Crippen LogP contribution is -2.29. The molecular formula is C34H42N8O2. The third-order valence-electron chi connectivity index (χ3n) is 7.75. The first kappa shape index (κ1) is 32.0. The Morgan fingerprint density at radius 3 is 2.57 bits per heavy atom. The summed E-state index contributed by atoms with van der Waals surface area (Å²) in [6.07, 6.45) is 6.29. The van der Waals surface area contributed by atoms with Gasteiger partial charge in [-0.15, -0.1) is 0 Å². The number of likely N-dealkylation sites (N-methyl/N-ethyl adjacent to an activating group) is 2. The zero-order valence-corrected chi connectivity index (χ0v) is 26.9. The maximum atomic E-state index is 13.4. The first-order chi connectivity index (χ1) is 21.0. The van der Waals surface area contributed by atoms with Gasteiger partial charge in [-0.1, -0.05) is 45.0 Å². The van der Waals surface area contributed by atoms with Gasteiger partial charge in [0.1, 0.15) is 17.4 Å². The van der Waals surface area contributed by atoms with E-state index in [1.54, 1.807) is 25.4 Å². The lowest BCUT2D eigenvalue weighted by Gasteiger charge is -2.26. The minimum Gasteiger partial charge on any atom is -0.494 e. The average molecular weight is 595 g/mol.